The average molecular weight is 317 g/mol. The molecular formula is C11H10BrFN2O3. The monoisotopic (exact) mass is 316 g/mol. The molecule has 0 unspecified atom stereocenters. The SMILES string of the molecule is COC(=O)c1c(C)nc2c(F)c(OC)c(Br)cn12. The molecule has 0 radical (unpaired) electrons. The summed E-state index contributed by atoms with van der Waals surface area (Å²) < 4.78 is 25.4. The highest BCUT2D eigenvalue weighted by atomic mass is 79.9. The van der Waals surface area contributed by atoms with Crippen molar-refractivity contribution in [2.45, 2.75) is 6.92 Å². The van der Waals surface area contributed by atoms with Crippen molar-refractivity contribution in [1.82, 2.24) is 9.38 Å². The highest BCUT2D eigenvalue weighted by Crippen LogP contribution is 2.31. The Labute approximate surface area is 111 Å². The maximum absolute atomic E-state index is 14.1. The molecule has 2 aromatic rings. The average Bonchev–Trinajstić information content (AvgIpc) is 2.66. The predicted molar refractivity (Wildman–Crippen MR) is 65.5 cm³/mol. The Morgan fingerprint density at radius 2 is 2.17 bits per heavy atom. The predicted octanol–water partition coefficient (Wildman–Crippen LogP) is 2.34. The quantitative estimate of drug-likeness (QED) is 0.798. The Hall–Kier alpha value is -1.63. The molecule has 0 atom stereocenters. The summed E-state index contributed by atoms with van der Waals surface area (Å²) in [5.74, 6) is -1.16. The van der Waals surface area contributed by atoms with Gasteiger partial charge in [-0.05, 0) is 22.9 Å². The normalized spacial score (nSPS) is 10.7. The zero-order valence-corrected chi connectivity index (χ0v) is 11.5. The number of halogens is 2. The molecule has 0 aliphatic carbocycles. The van der Waals surface area contributed by atoms with Crippen LogP contribution in [0.4, 0.5) is 4.39 Å². The zero-order valence-electron chi connectivity index (χ0n) is 9.95. The summed E-state index contributed by atoms with van der Waals surface area (Å²) in [5, 5.41) is 0. The smallest absolute Gasteiger partial charge is 0.356 e. The van der Waals surface area contributed by atoms with Gasteiger partial charge < -0.3 is 9.47 Å². The number of hydrogen-bond acceptors (Lipinski definition) is 4. The van der Waals surface area contributed by atoms with Crippen LogP contribution in [0.2, 0.25) is 0 Å². The van der Waals surface area contributed by atoms with Gasteiger partial charge in [0.15, 0.2) is 17.1 Å². The van der Waals surface area contributed by atoms with E-state index in [2.05, 4.69) is 25.7 Å². The number of ether oxygens (including phenoxy) is 2. The van der Waals surface area contributed by atoms with Gasteiger partial charge in [-0.2, -0.15) is 4.39 Å². The highest BCUT2D eigenvalue weighted by molar-refractivity contribution is 9.10. The number of fused-ring (bicyclic) bond motifs is 1. The molecule has 96 valence electrons. The molecule has 0 bridgehead atoms. The van der Waals surface area contributed by atoms with Crippen LogP contribution in [0.3, 0.4) is 0 Å². The van der Waals surface area contributed by atoms with E-state index in [0.717, 1.165) is 0 Å². The van der Waals surface area contributed by atoms with Crippen molar-refractivity contribution >= 4 is 27.5 Å². The van der Waals surface area contributed by atoms with E-state index < -0.39 is 11.8 Å². The lowest BCUT2D eigenvalue weighted by Crippen LogP contribution is -2.07. The first kappa shape index (κ1) is 12.8. The molecule has 0 aliphatic heterocycles. The van der Waals surface area contributed by atoms with Crippen LogP contribution in [0.25, 0.3) is 5.65 Å². The van der Waals surface area contributed by atoms with Crippen LogP contribution >= 0.6 is 15.9 Å². The third-order valence-electron chi connectivity index (χ3n) is 2.52. The fourth-order valence-corrected chi connectivity index (χ4v) is 2.28. The second kappa shape index (κ2) is 4.56. The second-order valence-corrected chi connectivity index (χ2v) is 4.41. The van der Waals surface area contributed by atoms with E-state index in [1.54, 1.807) is 6.92 Å². The molecule has 0 fully saturated rings. The van der Waals surface area contributed by atoms with Crippen LogP contribution in [0, 0.1) is 12.7 Å². The van der Waals surface area contributed by atoms with E-state index in [0.29, 0.717) is 10.2 Å². The number of hydrogen-bond donors (Lipinski definition) is 0. The topological polar surface area (TPSA) is 52.8 Å². The number of aromatic nitrogens is 2. The number of carbonyl (C=O) groups is 1. The molecule has 0 aromatic carbocycles. The van der Waals surface area contributed by atoms with Crippen molar-refractivity contribution in [3.8, 4) is 5.75 Å². The minimum atomic E-state index is -0.634. The molecule has 2 rings (SSSR count). The number of nitrogens with zero attached hydrogens (tertiary/aromatic N) is 2. The van der Waals surface area contributed by atoms with Gasteiger partial charge in [0.2, 0.25) is 5.82 Å². The van der Waals surface area contributed by atoms with Crippen LogP contribution < -0.4 is 4.74 Å². The highest BCUT2D eigenvalue weighted by Gasteiger charge is 2.22. The largest absolute Gasteiger partial charge is 0.492 e. The van der Waals surface area contributed by atoms with Crippen LogP contribution in [0.15, 0.2) is 10.7 Å². The fraction of sp³-hybridized carbons (Fsp3) is 0.273. The van der Waals surface area contributed by atoms with Crippen molar-refractivity contribution in [2.24, 2.45) is 0 Å². The van der Waals surface area contributed by atoms with E-state index in [1.165, 1.54) is 24.8 Å². The molecule has 0 saturated carbocycles. The first-order valence-electron chi connectivity index (χ1n) is 5.00. The molecule has 18 heavy (non-hydrogen) atoms. The Morgan fingerprint density at radius 1 is 1.50 bits per heavy atom. The van der Waals surface area contributed by atoms with E-state index in [9.17, 15) is 9.18 Å². The van der Waals surface area contributed by atoms with Gasteiger partial charge in [0.05, 0.1) is 24.4 Å². The zero-order chi connectivity index (χ0) is 13.4. The van der Waals surface area contributed by atoms with Crippen LogP contribution in [0.5, 0.6) is 5.75 Å². The van der Waals surface area contributed by atoms with Gasteiger partial charge in [-0.15, -0.1) is 0 Å². The lowest BCUT2D eigenvalue weighted by Gasteiger charge is -2.07. The van der Waals surface area contributed by atoms with E-state index in [1.807, 2.05) is 0 Å². The molecule has 0 spiro atoms. The van der Waals surface area contributed by atoms with Crippen LogP contribution in [0.1, 0.15) is 16.2 Å². The lowest BCUT2D eigenvalue weighted by atomic mass is 10.3. The Balaban J connectivity index is 2.85. The minimum Gasteiger partial charge on any atom is -0.492 e. The van der Waals surface area contributed by atoms with Crippen LogP contribution in [-0.4, -0.2) is 29.6 Å². The molecule has 5 nitrogen and oxygen atoms in total. The van der Waals surface area contributed by atoms with Gasteiger partial charge in [-0.25, -0.2) is 9.78 Å². The summed E-state index contributed by atoms with van der Waals surface area (Å²) in [7, 11) is 2.62. The molecule has 0 N–H and O–H groups in total. The third-order valence-corrected chi connectivity index (χ3v) is 3.09. The first-order valence-corrected chi connectivity index (χ1v) is 5.79. The molecule has 0 amide bonds. The molecule has 0 aliphatic rings. The first-order chi connectivity index (χ1) is 8.51. The summed E-state index contributed by atoms with van der Waals surface area (Å²) >= 11 is 3.18. The number of carbonyl (C=O) groups excluding carboxylic acids is 1. The summed E-state index contributed by atoms with van der Waals surface area (Å²) in [5.41, 5.74) is 0.601. The number of esters is 1. The summed E-state index contributed by atoms with van der Waals surface area (Å²) in [6, 6.07) is 0. The Morgan fingerprint density at radius 3 is 2.72 bits per heavy atom. The number of imidazole rings is 1. The number of pyridine rings is 1. The molecular weight excluding hydrogens is 307 g/mol. The standard InChI is InChI=1S/C11H10BrFN2O3/c1-5-8(11(16)18-3)15-4-6(12)9(17-2)7(13)10(15)14-5/h4H,1-3H3. The summed E-state index contributed by atoms with van der Waals surface area (Å²) in [4.78, 5) is 15.7. The van der Waals surface area contributed by atoms with Crippen molar-refractivity contribution in [2.75, 3.05) is 14.2 Å². The fourth-order valence-electron chi connectivity index (χ4n) is 1.73. The Kier molecular flexibility index (Phi) is 3.25. The van der Waals surface area contributed by atoms with E-state index in [4.69, 9.17) is 4.74 Å². The number of rotatable bonds is 2. The molecule has 0 saturated heterocycles. The maximum atomic E-state index is 14.1. The van der Waals surface area contributed by atoms with Gasteiger partial charge in [0.25, 0.3) is 0 Å². The van der Waals surface area contributed by atoms with Crippen LogP contribution in [-0.2, 0) is 4.74 Å². The minimum absolute atomic E-state index is 0.0213. The van der Waals surface area contributed by atoms with Gasteiger partial charge in [0, 0.05) is 6.20 Å². The van der Waals surface area contributed by atoms with Gasteiger partial charge >= 0.3 is 5.97 Å². The lowest BCUT2D eigenvalue weighted by molar-refractivity contribution is 0.0592. The summed E-state index contributed by atoms with van der Waals surface area (Å²) in [6.45, 7) is 1.61. The third kappa shape index (κ3) is 1.74. The Bertz CT molecular complexity index is 639. The molecule has 2 aromatic heterocycles. The van der Waals surface area contributed by atoms with Crippen molar-refractivity contribution < 1.29 is 18.7 Å². The maximum Gasteiger partial charge on any atom is 0.356 e. The van der Waals surface area contributed by atoms with E-state index in [-0.39, 0.29) is 17.1 Å². The van der Waals surface area contributed by atoms with Gasteiger partial charge in [-0.3, -0.25) is 4.40 Å². The van der Waals surface area contributed by atoms with Crippen molar-refractivity contribution in [3.05, 3.63) is 27.9 Å². The van der Waals surface area contributed by atoms with Gasteiger partial charge in [0.1, 0.15) is 0 Å². The molecule has 7 heteroatoms. The van der Waals surface area contributed by atoms with Crippen molar-refractivity contribution in [3.63, 3.8) is 0 Å². The van der Waals surface area contributed by atoms with Gasteiger partial charge in [-0.1, -0.05) is 0 Å². The second-order valence-electron chi connectivity index (χ2n) is 3.56. The molecule has 2 heterocycles. The number of aryl methyl sites for hydroxylation is 1. The summed E-state index contributed by atoms with van der Waals surface area (Å²) in [6.07, 6.45) is 1.52. The van der Waals surface area contributed by atoms with E-state index >= 15 is 0 Å². The number of methoxy groups -OCH3 is 2. The van der Waals surface area contributed by atoms with Crippen molar-refractivity contribution in [1.29, 1.82) is 0 Å².